The Morgan fingerprint density at radius 3 is 2.71 bits per heavy atom. The Hall–Kier alpha value is -0.630. The van der Waals surface area contributed by atoms with Gasteiger partial charge in [-0.15, -0.1) is 0 Å². The van der Waals surface area contributed by atoms with Gasteiger partial charge in [-0.05, 0) is 63.4 Å². The van der Waals surface area contributed by atoms with Crippen LogP contribution in [0.3, 0.4) is 0 Å². The lowest BCUT2D eigenvalue weighted by atomic mass is 9.56. The van der Waals surface area contributed by atoms with Crippen molar-refractivity contribution in [2.24, 2.45) is 17.3 Å². The summed E-state index contributed by atoms with van der Waals surface area (Å²) in [5.41, 5.74) is 0.762. The third-order valence-corrected chi connectivity index (χ3v) is 4.94. The molecule has 0 unspecified atom stereocenters. The summed E-state index contributed by atoms with van der Waals surface area (Å²) in [4.78, 5) is 11.7. The highest BCUT2D eigenvalue weighted by molar-refractivity contribution is 5.92. The van der Waals surface area contributed by atoms with Gasteiger partial charge >= 0.3 is 0 Å². The molecule has 0 spiro atoms. The van der Waals surface area contributed by atoms with Crippen molar-refractivity contribution in [1.29, 1.82) is 0 Å². The molecule has 2 rings (SSSR count). The number of carbonyl (C=O) groups excluding carboxylic acids is 1. The van der Waals surface area contributed by atoms with Crippen LogP contribution in [0.25, 0.3) is 0 Å². The number of aliphatic hydroxyl groups is 1. The topological polar surface area (TPSA) is 37.3 Å². The van der Waals surface area contributed by atoms with E-state index in [1.165, 1.54) is 5.57 Å². The van der Waals surface area contributed by atoms with E-state index in [2.05, 4.69) is 13.8 Å². The van der Waals surface area contributed by atoms with Crippen molar-refractivity contribution in [3.05, 3.63) is 11.6 Å². The Morgan fingerprint density at radius 1 is 1.47 bits per heavy atom. The molecule has 2 heteroatoms. The van der Waals surface area contributed by atoms with Crippen molar-refractivity contribution in [2.45, 2.75) is 59.0 Å². The van der Waals surface area contributed by atoms with Gasteiger partial charge in [0, 0.05) is 6.42 Å². The van der Waals surface area contributed by atoms with Crippen LogP contribution in [0.5, 0.6) is 0 Å². The molecule has 17 heavy (non-hydrogen) atoms. The maximum atomic E-state index is 11.7. The molecule has 0 saturated heterocycles. The normalized spacial score (nSPS) is 38.6. The minimum absolute atomic E-state index is 0.137. The van der Waals surface area contributed by atoms with Crippen LogP contribution in [0.15, 0.2) is 11.6 Å². The second-order valence-corrected chi connectivity index (χ2v) is 6.86. The first-order valence-corrected chi connectivity index (χ1v) is 6.66. The number of ketones is 1. The second-order valence-electron chi connectivity index (χ2n) is 6.86. The highest BCUT2D eigenvalue weighted by Crippen LogP contribution is 2.52. The Balaban J connectivity index is 2.24. The summed E-state index contributed by atoms with van der Waals surface area (Å²) in [5.74, 6) is 1.12. The number of carbonyl (C=O) groups is 1. The minimum atomic E-state index is -0.594. The third-order valence-electron chi connectivity index (χ3n) is 4.94. The highest BCUT2D eigenvalue weighted by Gasteiger charge is 2.46. The molecule has 0 aromatic heterocycles. The summed E-state index contributed by atoms with van der Waals surface area (Å²) in [6.07, 6.45) is 5.63. The van der Waals surface area contributed by atoms with Crippen molar-refractivity contribution >= 4 is 5.78 Å². The van der Waals surface area contributed by atoms with E-state index in [0.717, 1.165) is 19.3 Å². The van der Waals surface area contributed by atoms with Gasteiger partial charge in [0.1, 0.15) is 0 Å². The summed E-state index contributed by atoms with van der Waals surface area (Å²) in [6.45, 7) is 8.14. The van der Waals surface area contributed by atoms with Crippen molar-refractivity contribution in [3.63, 3.8) is 0 Å². The van der Waals surface area contributed by atoms with Gasteiger partial charge < -0.3 is 5.11 Å². The lowest BCUT2D eigenvalue weighted by Gasteiger charge is -2.49. The molecule has 0 bridgehead atoms. The molecule has 0 aromatic rings. The standard InChI is InChI=1S/C15H24O2/c1-10-7-12(16)9-15(4)6-5-11(8-13(10)15)14(2,3)17/h7,11,13,17H,5-6,8-9H2,1-4H3/t11-,13-,15+/m1/s1. The van der Waals surface area contributed by atoms with Gasteiger partial charge in [-0.1, -0.05) is 12.5 Å². The van der Waals surface area contributed by atoms with Crippen LogP contribution in [-0.2, 0) is 4.79 Å². The summed E-state index contributed by atoms with van der Waals surface area (Å²) in [5, 5.41) is 10.2. The van der Waals surface area contributed by atoms with E-state index in [1.54, 1.807) is 0 Å². The lowest BCUT2D eigenvalue weighted by Crippen LogP contribution is -2.44. The Morgan fingerprint density at radius 2 is 2.12 bits per heavy atom. The molecule has 0 aliphatic heterocycles. The monoisotopic (exact) mass is 236 g/mol. The predicted octanol–water partition coefficient (Wildman–Crippen LogP) is 3.10. The molecule has 96 valence electrons. The smallest absolute Gasteiger partial charge is 0.156 e. The van der Waals surface area contributed by atoms with E-state index < -0.39 is 5.60 Å². The lowest BCUT2D eigenvalue weighted by molar-refractivity contribution is -0.120. The first kappa shape index (κ1) is 12.8. The van der Waals surface area contributed by atoms with Crippen LogP contribution in [0.2, 0.25) is 0 Å². The van der Waals surface area contributed by atoms with Crippen LogP contribution in [0.4, 0.5) is 0 Å². The Labute approximate surface area is 104 Å². The predicted molar refractivity (Wildman–Crippen MR) is 68.6 cm³/mol. The zero-order chi connectivity index (χ0) is 12.8. The van der Waals surface area contributed by atoms with Crippen LogP contribution in [0, 0.1) is 17.3 Å². The van der Waals surface area contributed by atoms with E-state index in [0.29, 0.717) is 18.3 Å². The summed E-state index contributed by atoms with van der Waals surface area (Å²) in [7, 11) is 0. The fraction of sp³-hybridized carbons (Fsp3) is 0.800. The molecule has 0 heterocycles. The maximum absolute atomic E-state index is 11.7. The number of fused-ring (bicyclic) bond motifs is 1. The minimum Gasteiger partial charge on any atom is -0.390 e. The first-order valence-electron chi connectivity index (χ1n) is 6.66. The van der Waals surface area contributed by atoms with E-state index in [-0.39, 0.29) is 11.2 Å². The SMILES string of the molecule is CC1=CC(=O)C[C@]2(C)CC[C@@H](C(C)(C)O)C[C@H]12. The average Bonchev–Trinajstić information content (AvgIpc) is 2.13. The molecule has 1 N–H and O–H groups in total. The first-order chi connectivity index (χ1) is 7.72. The molecule has 0 amide bonds. The van der Waals surface area contributed by atoms with Crippen molar-refractivity contribution in [3.8, 4) is 0 Å². The molecule has 2 aliphatic rings. The summed E-state index contributed by atoms with van der Waals surface area (Å²) < 4.78 is 0. The molecule has 0 radical (unpaired) electrons. The van der Waals surface area contributed by atoms with Crippen LogP contribution < -0.4 is 0 Å². The van der Waals surface area contributed by atoms with Gasteiger partial charge in [0.2, 0.25) is 0 Å². The quantitative estimate of drug-likeness (QED) is 0.759. The van der Waals surface area contributed by atoms with Crippen molar-refractivity contribution < 1.29 is 9.90 Å². The molecular weight excluding hydrogens is 212 g/mol. The molecule has 2 nitrogen and oxygen atoms in total. The third kappa shape index (κ3) is 2.33. The Bertz CT molecular complexity index is 362. The second kappa shape index (κ2) is 3.94. The molecule has 2 aliphatic carbocycles. The van der Waals surface area contributed by atoms with E-state index in [1.807, 2.05) is 19.9 Å². The number of hydrogen-bond donors (Lipinski definition) is 1. The van der Waals surface area contributed by atoms with E-state index >= 15 is 0 Å². The van der Waals surface area contributed by atoms with E-state index in [4.69, 9.17) is 0 Å². The van der Waals surface area contributed by atoms with Crippen molar-refractivity contribution in [1.82, 2.24) is 0 Å². The molecular formula is C15H24O2. The molecule has 3 atom stereocenters. The van der Waals surface area contributed by atoms with Gasteiger partial charge in [-0.3, -0.25) is 4.79 Å². The van der Waals surface area contributed by atoms with Crippen LogP contribution in [0.1, 0.15) is 53.4 Å². The Kier molecular flexibility index (Phi) is 2.97. The summed E-state index contributed by atoms with van der Waals surface area (Å²) in [6, 6.07) is 0. The van der Waals surface area contributed by atoms with Gasteiger partial charge in [0.15, 0.2) is 5.78 Å². The van der Waals surface area contributed by atoms with Gasteiger partial charge in [0.05, 0.1) is 5.60 Å². The fourth-order valence-electron chi connectivity index (χ4n) is 3.76. The maximum Gasteiger partial charge on any atom is 0.156 e. The largest absolute Gasteiger partial charge is 0.390 e. The zero-order valence-corrected chi connectivity index (χ0v) is 11.4. The van der Waals surface area contributed by atoms with Crippen LogP contribution >= 0.6 is 0 Å². The van der Waals surface area contributed by atoms with E-state index in [9.17, 15) is 9.90 Å². The average molecular weight is 236 g/mol. The van der Waals surface area contributed by atoms with Crippen LogP contribution in [-0.4, -0.2) is 16.5 Å². The molecule has 1 saturated carbocycles. The molecule has 0 aromatic carbocycles. The molecule has 1 fully saturated rings. The van der Waals surface area contributed by atoms with Crippen molar-refractivity contribution in [2.75, 3.05) is 0 Å². The number of allylic oxidation sites excluding steroid dienone is 2. The fourth-order valence-corrected chi connectivity index (χ4v) is 3.76. The van der Waals surface area contributed by atoms with Gasteiger partial charge in [-0.2, -0.15) is 0 Å². The zero-order valence-electron chi connectivity index (χ0n) is 11.4. The number of hydrogen-bond acceptors (Lipinski definition) is 2. The van der Waals surface area contributed by atoms with Gasteiger partial charge in [-0.25, -0.2) is 0 Å². The number of rotatable bonds is 1. The van der Waals surface area contributed by atoms with Gasteiger partial charge in [0.25, 0.3) is 0 Å². The summed E-state index contributed by atoms with van der Waals surface area (Å²) >= 11 is 0. The highest BCUT2D eigenvalue weighted by atomic mass is 16.3.